The van der Waals surface area contributed by atoms with Crippen LogP contribution < -0.4 is 0 Å². The zero-order valence-corrected chi connectivity index (χ0v) is 34.8. The molecule has 1 atom stereocenters. The number of rotatable bonds is 5. The summed E-state index contributed by atoms with van der Waals surface area (Å²) in [6.45, 7) is 4.00. The molecule has 0 aliphatic heterocycles. The molecule has 1 unspecified atom stereocenters. The highest BCUT2D eigenvalue weighted by molar-refractivity contribution is 7.26. The first-order valence-corrected chi connectivity index (χ1v) is 22.3. The van der Waals surface area contributed by atoms with Crippen molar-refractivity contribution >= 4 is 84.6 Å². The molecule has 0 amide bonds. The van der Waals surface area contributed by atoms with Crippen LogP contribution in [0, 0.1) is 0 Å². The Morgan fingerprint density at radius 3 is 1.93 bits per heavy atom. The third-order valence-electron chi connectivity index (χ3n) is 11.8. The molecule has 3 aromatic heterocycles. The molecule has 0 saturated heterocycles. The van der Waals surface area contributed by atoms with E-state index in [-0.39, 0.29) is 11.7 Å². The van der Waals surface area contributed by atoms with Crippen LogP contribution in [0.25, 0.3) is 107 Å². The highest BCUT2D eigenvalue weighted by Gasteiger charge is 2.20. The van der Waals surface area contributed by atoms with E-state index < -0.39 is 0 Å². The summed E-state index contributed by atoms with van der Waals surface area (Å²) in [6.07, 6.45) is 10.4. The van der Waals surface area contributed by atoms with Crippen LogP contribution in [0.3, 0.4) is 0 Å². The number of aromatic nitrogens is 3. The van der Waals surface area contributed by atoms with Gasteiger partial charge in [-0.3, -0.25) is 0 Å². The Morgan fingerprint density at radius 2 is 1.13 bits per heavy atom. The molecule has 0 saturated carbocycles. The highest BCUT2D eigenvalue weighted by Crippen LogP contribution is 2.46. The monoisotopic (exact) mass is 809 g/mol. The molecule has 12 rings (SSSR count). The first-order chi connectivity index (χ1) is 29.6. The fraction of sp³-hybridized carbons (Fsp3) is 0.0926. The zero-order chi connectivity index (χ0) is 40.3. The quantitative estimate of drug-likeness (QED) is 0.176. The van der Waals surface area contributed by atoms with Gasteiger partial charge in [-0.2, -0.15) is 0 Å². The van der Waals surface area contributed by atoms with Crippen molar-refractivity contribution in [3.05, 3.63) is 169 Å². The predicted molar refractivity (Wildman–Crippen MR) is 257 cm³/mol. The van der Waals surface area contributed by atoms with Gasteiger partial charge in [0.15, 0.2) is 17.5 Å². The maximum Gasteiger partial charge on any atom is 0.165 e. The van der Waals surface area contributed by atoms with Gasteiger partial charge in [0, 0.05) is 68.5 Å². The van der Waals surface area contributed by atoms with Gasteiger partial charge in [0.25, 0.3) is 0 Å². The number of allylic oxidation sites excluding steroid dienone is 4. The largest absolute Gasteiger partial charge is 0.508 e. The smallest absolute Gasteiger partial charge is 0.165 e. The number of nitrogens with zero attached hydrogens (tertiary/aromatic N) is 3. The van der Waals surface area contributed by atoms with E-state index in [0.717, 1.165) is 50.9 Å². The number of phenols is 1. The molecule has 1 aliphatic rings. The van der Waals surface area contributed by atoms with Crippen LogP contribution in [0.15, 0.2) is 164 Å². The van der Waals surface area contributed by atoms with Crippen molar-refractivity contribution in [2.24, 2.45) is 0 Å². The van der Waals surface area contributed by atoms with Crippen LogP contribution in [0.4, 0.5) is 0 Å². The van der Waals surface area contributed by atoms with Crippen LogP contribution in [-0.2, 0) is 0 Å². The SMILES string of the molecule is CC.Oc1cc(-c2nc(-c3ccc(-c4ccc5c(c4)c4cccc6sc7cccc5c7c64)cc3)nc(-c3cccc4c3sc3ccccc34)n2)ccc1C1C=CC=CCC1. The lowest BCUT2D eigenvalue weighted by Gasteiger charge is -2.15. The van der Waals surface area contributed by atoms with Crippen molar-refractivity contribution in [3.8, 4) is 51.0 Å². The third-order valence-corrected chi connectivity index (χ3v) is 14.1. The Hall–Kier alpha value is -6.73. The van der Waals surface area contributed by atoms with Gasteiger partial charge in [0.05, 0.1) is 0 Å². The van der Waals surface area contributed by atoms with E-state index in [1.165, 1.54) is 57.2 Å². The fourth-order valence-corrected chi connectivity index (χ4v) is 11.4. The van der Waals surface area contributed by atoms with Gasteiger partial charge in [-0.25, -0.2) is 15.0 Å². The number of thiophene rings is 2. The van der Waals surface area contributed by atoms with Gasteiger partial charge in [0.2, 0.25) is 0 Å². The average Bonchev–Trinajstić information content (AvgIpc) is 3.77. The van der Waals surface area contributed by atoms with Gasteiger partial charge in [-0.15, -0.1) is 22.7 Å². The van der Waals surface area contributed by atoms with E-state index in [1.807, 2.05) is 43.4 Å². The van der Waals surface area contributed by atoms with Gasteiger partial charge in [-0.05, 0) is 81.9 Å². The second-order valence-electron chi connectivity index (χ2n) is 15.2. The molecule has 1 N–H and O–H groups in total. The van der Waals surface area contributed by atoms with Gasteiger partial charge < -0.3 is 5.11 Å². The van der Waals surface area contributed by atoms with Crippen LogP contribution >= 0.6 is 22.7 Å². The maximum atomic E-state index is 11.4. The van der Waals surface area contributed by atoms with E-state index >= 15 is 0 Å². The fourth-order valence-electron chi connectivity index (χ4n) is 8.99. The summed E-state index contributed by atoms with van der Waals surface area (Å²) in [5.74, 6) is 2.11. The standard InChI is InChI=1S/C52H33N3OS2.C2H6/c56-43-29-34(25-26-35(43)31-10-3-1-2-4-11-31)51-53-50(54-52(55-51)41-16-7-15-40-37-12-5-6-17-44(37)58-49(40)41)32-22-20-30(21-23-32)33-24-27-36-38-13-8-18-45-47(38)48-39(42(36)28-33)14-9-19-46(48)57-45;1-2/h1-3,5-10,12-29,31,56H,4,11H2;1-2H3. The molecule has 6 heteroatoms. The maximum absolute atomic E-state index is 11.4. The van der Waals surface area contributed by atoms with E-state index in [1.54, 1.807) is 11.3 Å². The van der Waals surface area contributed by atoms with Crippen molar-refractivity contribution in [1.29, 1.82) is 0 Å². The van der Waals surface area contributed by atoms with Gasteiger partial charge >= 0.3 is 0 Å². The summed E-state index contributed by atoms with van der Waals surface area (Å²) in [6, 6.07) is 49.6. The number of benzene rings is 8. The average molecular weight is 810 g/mol. The lowest BCUT2D eigenvalue weighted by Crippen LogP contribution is -2.01. The van der Waals surface area contributed by atoms with Gasteiger partial charge in [0.1, 0.15) is 5.75 Å². The molecular weight excluding hydrogens is 771 g/mol. The van der Waals surface area contributed by atoms with Crippen molar-refractivity contribution < 1.29 is 5.11 Å². The molecule has 0 fully saturated rings. The van der Waals surface area contributed by atoms with E-state index in [9.17, 15) is 5.11 Å². The molecule has 4 nitrogen and oxygen atoms in total. The van der Waals surface area contributed by atoms with Crippen LogP contribution in [-0.4, -0.2) is 20.1 Å². The van der Waals surface area contributed by atoms with Crippen molar-refractivity contribution in [3.63, 3.8) is 0 Å². The first-order valence-electron chi connectivity index (χ1n) is 20.7. The summed E-state index contributed by atoms with van der Waals surface area (Å²) in [5.41, 5.74) is 5.81. The summed E-state index contributed by atoms with van der Waals surface area (Å²) in [4.78, 5) is 15.4. The Labute approximate surface area is 355 Å². The molecule has 1 aliphatic carbocycles. The topological polar surface area (TPSA) is 58.9 Å². The first kappa shape index (κ1) is 36.4. The number of hydrogen-bond acceptors (Lipinski definition) is 6. The Kier molecular flexibility index (Phi) is 8.98. The number of phenolic OH excluding ortho intramolecular Hbond substituents is 1. The third kappa shape index (κ3) is 5.97. The predicted octanol–water partition coefficient (Wildman–Crippen LogP) is 15.7. The summed E-state index contributed by atoms with van der Waals surface area (Å²) in [7, 11) is 0. The van der Waals surface area contributed by atoms with Crippen molar-refractivity contribution in [1.82, 2.24) is 15.0 Å². The molecule has 0 radical (unpaired) electrons. The second kappa shape index (κ2) is 14.8. The summed E-state index contributed by atoms with van der Waals surface area (Å²) >= 11 is 3.64. The van der Waals surface area contributed by atoms with Crippen molar-refractivity contribution in [2.45, 2.75) is 32.6 Å². The molecule has 8 aromatic carbocycles. The molecule has 0 spiro atoms. The lowest BCUT2D eigenvalue weighted by atomic mass is 9.92. The lowest BCUT2D eigenvalue weighted by molar-refractivity contribution is 0.464. The van der Waals surface area contributed by atoms with Crippen LogP contribution in [0.1, 0.15) is 38.2 Å². The van der Waals surface area contributed by atoms with E-state index in [2.05, 4.69) is 146 Å². The Bertz CT molecular complexity index is 3480. The number of hydrogen-bond donors (Lipinski definition) is 1. The van der Waals surface area contributed by atoms with Gasteiger partial charge in [-0.1, -0.05) is 141 Å². The molecule has 288 valence electrons. The van der Waals surface area contributed by atoms with E-state index in [0.29, 0.717) is 17.5 Å². The van der Waals surface area contributed by atoms with Crippen LogP contribution in [0.5, 0.6) is 5.75 Å². The zero-order valence-electron chi connectivity index (χ0n) is 33.2. The molecule has 60 heavy (non-hydrogen) atoms. The Balaban J connectivity index is 0.00000201. The highest BCUT2D eigenvalue weighted by atomic mass is 32.1. The minimum Gasteiger partial charge on any atom is -0.508 e. The normalized spacial score (nSPS) is 14.1. The number of fused-ring (bicyclic) bond motifs is 6. The van der Waals surface area contributed by atoms with E-state index in [4.69, 9.17) is 15.0 Å². The molecule has 3 heterocycles. The molecule has 11 aromatic rings. The minimum atomic E-state index is 0.142. The van der Waals surface area contributed by atoms with Crippen LogP contribution in [0.2, 0.25) is 0 Å². The molecular formula is C54H39N3OS2. The minimum absolute atomic E-state index is 0.142. The van der Waals surface area contributed by atoms with Crippen molar-refractivity contribution in [2.75, 3.05) is 0 Å². The summed E-state index contributed by atoms with van der Waals surface area (Å²) in [5, 5.41) is 21.7. The number of aromatic hydroxyl groups is 1. The summed E-state index contributed by atoms with van der Waals surface area (Å²) < 4.78 is 5.04. The second-order valence-corrected chi connectivity index (χ2v) is 17.3. The molecule has 0 bridgehead atoms. The Morgan fingerprint density at radius 1 is 0.500 bits per heavy atom.